The normalized spacial score (nSPS) is 16.8. The van der Waals surface area contributed by atoms with Crippen molar-refractivity contribution < 1.29 is 14.3 Å². The van der Waals surface area contributed by atoms with Crippen LogP contribution in [0.1, 0.15) is 6.92 Å². The SMILES string of the molecule is CN[C@](C)(CF)C(=O)O. The van der Waals surface area contributed by atoms with E-state index in [-0.39, 0.29) is 0 Å². The number of hydrogen-bond donors (Lipinski definition) is 2. The molecule has 0 saturated heterocycles. The Bertz CT molecular complexity index is 112. The van der Waals surface area contributed by atoms with Gasteiger partial charge in [0.1, 0.15) is 12.2 Å². The Morgan fingerprint density at radius 1 is 1.89 bits per heavy atom. The number of hydrogen-bond acceptors (Lipinski definition) is 2. The van der Waals surface area contributed by atoms with Crippen molar-refractivity contribution in [2.75, 3.05) is 13.7 Å². The van der Waals surface area contributed by atoms with E-state index in [4.69, 9.17) is 5.11 Å². The molecule has 0 rings (SSSR count). The van der Waals surface area contributed by atoms with Gasteiger partial charge in [0.2, 0.25) is 0 Å². The molecule has 0 heterocycles. The number of rotatable bonds is 3. The molecule has 54 valence electrons. The van der Waals surface area contributed by atoms with Crippen molar-refractivity contribution >= 4 is 5.97 Å². The molecule has 0 fully saturated rings. The minimum Gasteiger partial charge on any atom is -0.480 e. The van der Waals surface area contributed by atoms with Crippen molar-refractivity contribution in [2.45, 2.75) is 12.5 Å². The second kappa shape index (κ2) is 2.77. The summed E-state index contributed by atoms with van der Waals surface area (Å²) in [4.78, 5) is 10.2. The van der Waals surface area contributed by atoms with E-state index in [1.165, 1.54) is 14.0 Å². The van der Waals surface area contributed by atoms with Gasteiger partial charge in [0, 0.05) is 0 Å². The quantitative estimate of drug-likeness (QED) is 0.573. The lowest BCUT2D eigenvalue weighted by Gasteiger charge is -2.18. The number of likely N-dealkylation sites (N-methyl/N-ethyl adjacent to an activating group) is 1. The number of aliphatic carboxylic acids is 1. The van der Waals surface area contributed by atoms with E-state index in [0.717, 1.165) is 0 Å². The standard InChI is InChI=1S/C5H10FNO2/c1-5(3-6,7-2)4(8)9/h7H,3H2,1-2H3,(H,8,9)/t5-/m1/s1. The molecule has 0 aromatic heterocycles. The first-order valence-corrected chi connectivity index (χ1v) is 2.55. The largest absolute Gasteiger partial charge is 0.480 e. The zero-order valence-electron chi connectivity index (χ0n) is 5.44. The molecule has 0 unspecified atom stereocenters. The van der Waals surface area contributed by atoms with Gasteiger partial charge in [-0.2, -0.15) is 0 Å². The summed E-state index contributed by atoms with van der Waals surface area (Å²) in [5.74, 6) is -1.17. The Hall–Kier alpha value is -0.640. The van der Waals surface area contributed by atoms with Crippen molar-refractivity contribution in [1.29, 1.82) is 0 Å². The second-order valence-corrected chi connectivity index (χ2v) is 2.02. The Kier molecular flexibility index (Phi) is 2.58. The maximum absolute atomic E-state index is 11.8. The molecule has 1 atom stereocenters. The van der Waals surface area contributed by atoms with Gasteiger partial charge >= 0.3 is 5.97 Å². The molecule has 0 spiro atoms. The van der Waals surface area contributed by atoms with Crippen molar-refractivity contribution in [3.63, 3.8) is 0 Å². The molecule has 0 aliphatic carbocycles. The molecule has 4 heteroatoms. The molecule has 0 amide bonds. The molecule has 9 heavy (non-hydrogen) atoms. The van der Waals surface area contributed by atoms with Crippen LogP contribution < -0.4 is 5.32 Å². The zero-order chi connectivity index (χ0) is 7.49. The summed E-state index contributed by atoms with van der Waals surface area (Å²) in [5.41, 5.74) is -1.42. The van der Waals surface area contributed by atoms with Crippen LogP contribution >= 0.6 is 0 Å². The molecule has 3 nitrogen and oxygen atoms in total. The number of alkyl halides is 1. The average Bonchev–Trinajstić information content (AvgIpc) is 1.86. The molecule has 0 radical (unpaired) electrons. The molecule has 0 saturated carbocycles. The van der Waals surface area contributed by atoms with Crippen molar-refractivity contribution in [2.24, 2.45) is 0 Å². The van der Waals surface area contributed by atoms with Gasteiger partial charge < -0.3 is 10.4 Å². The maximum atomic E-state index is 11.8. The van der Waals surface area contributed by atoms with Gasteiger partial charge in [-0.15, -0.1) is 0 Å². The third-order valence-electron chi connectivity index (χ3n) is 1.29. The van der Waals surface area contributed by atoms with Crippen LogP contribution in [0.2, 0.25) is 0 Å². The van der Waals surface area contributed by atoms with E-state index in [1.54, 1.807) is 0 Å². The van der Waals surface area contributed by atoms with Crippen LogP contribution in [0.4, 0.5) is 4.39 Å². The van der Waals surface area contributed by atoms with Crippen LogP contribution in [0.3, 0.4) is 0 Å². The smallest absolute Gasteiger partial charge is 0.326 e. The predicted molar refractivity (Wildman–Crippen MR) is 31.1 cm³/mol. The number of carboxylic acid groups (broad SMARTS) is 1. The minimum atomic E-state index is -1.42. The number of carboxylic acids is 1. The molecule has 0 aromatic rings. The Morgan fingerprint density at radius 2 is 2.33 bits per heavy atom. The number of halogens is 1. The summed E-state index contributed by atoms with van der Waals surface area (Å²) in [6, 6.07) is 0. The summed E-state index contributed by atoms with van der Waals surface area (Å²) in [7, 11) is 1.41. The van der Waals surface area contributed by atoms with Gasteiger partial charge in [-0.25, -0.2) is 4.39 Å². The maximum Gasteiger partial charge on any atom is 0.326 e. The monoisotopic (exact) mass is 135 g/mol. The third-order valence-corrected chi connectivity index (χ3v) is 1.29. The first kappa shape index (κ1) is 8.36. The molecule has 0 bridgehead atoms. The van der Waals surface area contributed by atoms with E-state index < -0.39 is 18.2 Å². The van der Waals surface area contributed by atoms with Gasteiger partial charge in [-0.05, 0) is 14.0 Å². The van der Waals surface area contributed by atoms with Crippen molar-refractivity contribution in [1.82, 2.24) is 5.32 Å². The number of nitrogens with one attached hydrogen (secondary N) is 1. The molecular weight excluding hydrogens is 125 g/mol. The second-order valence-electron chi connectivity index (χ2n) is 2.02. The summed E-state index contributed by atoms with van der Waals surface area (Å²) in [6.45, 7) is 0.383. The third kappa shape index (κ3) is 1.64. The Labute approximate surface area is 52.9 Å². The lowest BCUT2D eigenvalue weighted by atomic mass is 10.1. The molecule has 0 aliphatic heterocycles. The average molecular weight is 135 g/mol. The van der Waals surface area contributed by atoms with Crippen LogP contribution in [0.5, 0.6) is 0 Å². The lowest BCUT2D eigenvalue weighted by Crippen LogP contribution is -2.49. The van der Waals surface area contributed by atoms with E-state index >= 15 is 0 Å². The van der Waals surface area contributed by atoms with Crippen LogP contribution in [0, 0.1) is 0 Å². The highest BCUT2D eigenvalue weighted by atomic mass is 19.1. The first-order valence-electron chi connectivity index (χ1n) is 2.55. The fourth-order valence-corrected chi connectivity index (χ4v) is 0.231. The summed E-state index contributed by atoms with van der Waals surface area (Å²) < 4.78 is 11.8. The minimum absolute atomic E-state index is 0.904. The van der Waals surface area contributed by atoms with Gasteiger partial charge in [0.25, 0.3) is 0 Å². The van der Waals surface area contributed by atoms with E-state index in [9.17, 15) is 9.18 Å². The fraction of sp³-hybridized carbons (Fsp3) is 0.800. The van der Waals surface area contributed by atoms with E-state index in [2.05, 4.69) is 5.32 Å². The van der Waals surface area contributed by atoms with E-state index in [0.29, 0.717) is 0 Å². The lowest BCUT2D eigenvalue weighted by molar-refractivity contribution is -0.144. The van der Waals surface area contributed by atoms with Gasteiger partial charge in [0.15, 0.2) is 0 Å². The highest BCUT2D eigenvalue weighted by Gasteiger charge is 2.30. The molecular formula is C5H10FNO2. The summed E-state index contributed by atoms with van der Waals surface area (Å²) in [5, 5.41) is 10.7. The van der Waals surface area contributed by atoms with E-state index in [1.807, 2.05) is 0 Å². The van der Waals surface area contributed by atoms with Crippen LogP contribution in [-0.4, -0.2) is 30.3 Å². The van der Waals surface area contributed by atoms with Crippen LogP contribution in [0.15, 0.2) is 0 Å². The predicted octanol–water partition coefficient (Wildman–Crippen LogP) is 0.0186. The molecule has 2 N–H and O–H groups in total. The Morgan fingerprint density at radius 3 is 2.33 bits per heavy atom. The topological polar surface area (TPSA) is 49.3 Å². The molecule has 0 aromatic carbocycles. The van der Waals surface area contributed by atoms with Gasteiger partial charge in [0.05, 0.1) is 0 Å². The Balaban J connectivity index is 4.09. The highest BCUT2D eigenvalue weighted by molar-refractivity contribution is 5.78. The number of carbonyl (C=O) groups is 1. The van der Waals surface area contributed by atoms with Crippen LogP contribution in [0.25, 0.3) is 0 Å². The summed E-state index contributed by atoms with van der Waals surface area (Å²) >= 11 is 0. The van der Waals surface area contributed by atoms with Gasteiger partial charge in [-0.3, -0.25) is 4.79 Å². The van der Waals surface area contributed by atoms with Gasteiger partial charge in [-0.1, -0.05) is 0 Å². The summed E-state index contributed by atoms with van der Waals surface area (Å²) in [6.07, 6.45) is 0. The molecule has 0 aliphatic rings. The van der Waals surface area contributed by atoms with Crippen molar-refractivity contribution in [3.8, 4) is 0 Å². The fourth-order valence-electron chi connectivity index (χ4n) is 0.231. The first-order chi connectivity index (χ1) is 4.06. The zero-order valence-corrected chi connectivity index (χ0v) is 5.44. The van der Waals surface area contributed by atoms with Crippen LogP contribution in [-0.2, 0) is 4.79 Å². The highest BCUT2D eigenvalue weighted by Crippen LogP contribution is 2.02. The van der Waals surface area contributed by atoms with Crippen molar-refractivity contribution in [3.05, 3.63) is 0 Å².